The number of hydrogen-bond acceptors (Lipinski definition) is 4. The molecule has 138 valence electrons. The van der Waals surface area contributed by atoms with Crippen LogP contribution >= 0.6 is 0 Å². The quantitative estimate of drug-likeness (QED) is 0.483. The molecule has 1 N–H and O–H groups in total. The van der Waals surface area contributed by atoms with Crippen LogP contribution < -0.4 is 5.32 Å². The number of aliphatic imine (C=N–C) groups is 1. The van der Waals surface area contributed by atoms with E-state index in [4.69, 9.17) is 14.1 Å². The van der Waals surface area contributed by atoms with Crippen molar-refractivity contribution in [1.82, 2.24) is 15.1 Å². The number of nitrogens with one attached hydrogen (secondary N) is 1. The van der Waals surface area contributed by atoms with Crippen molar-refractivity contribution in [2.24, 2.45) is 4.99 Å². The normalized spacial score (nSPS) is 22.4. The smallest absolute Gasteiger partial charge is 0.194 e. The van der Waals surface area contributed by atoms with E-state index in [1.165, 1.54) is 6.42 Å². The first-order chi connectivity index (χ1) is 12.2. The van der Waals surface area contributed by atoms with E-state index in [9.17, 15) is 0 Å². The third-order valence-corrected chi connectivity index (χ3v) is 4.76. The van der Waals surface area contributed by atoms with Crippen LogP contribution in [0.2, 0.25) is 0 Å². The van der Waals surface area contributed by atoms with Crippen molar-refractivity contribution >= 4 is 5.96 Å². The van der Waals surface area contributed by atoms with Gasteiger partial charge in [0.15, 0.2) is 5.96 Å². The molecule has 25 heavy (non-hydrogen) atoms. The summed E-state index contributed by atoms with van der Waals surface area (Å²) in [5, 5.41) is 3.51. The van der Waals surface area contributed by atoms with Crippen LogP contribution in [-0.2, 0) is 11.2 Å². The van der Waals surface area contributed by atoms with Crippen LogP contribution in [0.1, 0.15) is 19.1 Å². The molecule has 0 amide bonds. The van der Waals surface area contributed by atoms with Gasteiger partial charge in [0.1, 0.15) is 5.76 Å². The highest BCUT2D eigenvalue weighted by Crippen LogP contribution is 2.17. The first-order valence-corrected chi connectivity index (χ1v) is 9.24. The largest absolute Gasteiger partial charge is 0.469 e. The van der Waals surface area contributed by atoms with Gasteiger partial charge >= 0.3 is 0 Å². The van der Waals surface area contributed by atoms with E-state index in [0.29, 0.717) is 12.6 Å². The number of ether oxygens (including phenoxy) is 1. The second kappa shape index (κ2) is 9.06. The maximum atomic E-state index is 5.48. The number of furan rings is 1. The predicted molar refractivity (Wildman–Crippen MR) is 99.9 cm³/mol. The minimum Gasteiger partial charge on any atom is -0.469 e. The molecular formula is C19H30N4O2. The molecule has 0 bridgehead atoms. The van der Waals surface area contributed by atoms with E-state index in [1.54, 1.807) is 6.26 Å². The van der Waals surface area contributed by atoms with Crippen LogP contribution in [0.4, 0.5) is 0 Å². The van der Waals surface area contributed by atoms with Crippen molar-refractivity contribution in [2.45, 2.75) is 25.8 Å². The summed E-state index contributed by atoms with van der Waals surface area (Å²) in [5.41, 5.74) is 1.08. The van der Waals surface area contributed by atoms with Gasteiger partial charge in [-0.3, -0.25) is 4.90 Å². The Bertz CT molecular complexity index is 564. The van der Waals surface area contributed by atoms with Crippen LogP contribution in [0, 0.1) is 0 Å². The van der Waals surface area contributed by atoms with Crippen LogP contribution in [-0.4, -0.2) is 74.3 Å². The Morgan fingerprint density at radius 3 is 2.92 bits per heavy atom. The molecule has 1 aromatic heterocycles. The molecule has 2 fully saturated rings. The van der Waals surface area contributed by atoms with E-state index in [2.05, 4.69) is 21.7 Å². The molecule has 2 aliphatic heterocycles. The number of rotatable bonds is 6. The average Bonchev–Trinajstić information content (AvgIpc) is 3.30. The first-order valence-electron chi connectivity index (χ1n) is 9.24. The van der Waals surface area contributed by atoms with Crippen LogP contribution in [0.25, 0.3) is 0 Å². The molecule has 1 aromatic rings. The van der Waals surface area contributed by atoms with Gasteiger partial charge in [0.2, 0.25) is 0 Å². The molecule has 6 heteroatoms. The highest BCUT2D eigenvalue weighted by atomic mass is 16.5. The Morgan fingerprint density at radius 2 is 2.20 bits per heavy atom. The second-order valence-electron chi connectivity index (χ2n) is 6.89. The van der Waals surface area contributed by atoms with Gasteiger partial charge in [0, 0.05) is 45.2 Å². The molecule has 2 saturated heterocycles. The van der Waals surface area contributed by atoms with Gasteiger partial charge in [-0.1, -0.05) is 12.2 Å². The summed E-state index contributed by atoms with van der Waals surface area (Å²) in [5.74, 6) is 1.99. The van der Waals surface area contributed by atoms with Gasteiger partial charge in [-0.15, -0.1) is 0 Å². The molecule has 0 saturated carbocycles. The van der Waals surface area contributed by atoms with Gasteiger partial charge in [0.05, 0.1) is 26.0 Å². The second-order valence-corrected chi connectivity index (χ2v) is 6.89. The number of hydrogen-bond donors (Lipinski definition) is 1. The van der Waals surface area contributed by atoms with E-state index in [0.717, 1.165) is 69.7 Å². The summed E-state index contributed by atoms with van der Waals surface area (Å²) in [7, 11) is 0. The molecule has 0 aliphatic carbocycles. The molecule has 0 radical (unpaired) electrons. The van der Waals surface area contributed by atoms with E-state index >= 15 is 0 Å². The zero-order valence-corrected chi connectivity index (χ0v) is 15.2. The summed E-state index contributed by atoms with van der Waals surface area (Å²) >= 11 is 0. The van der Waals surface area contributed by atoms with Crippen LogP contribution in [0.15, 0.2) is 40.0 Å². The lowest BCUT2D eigenvalue weighted by Crippen LogP contribution is -2.47. The van der Waals surface area contributed by atoms with Crippen molar-refractivity contribution in [1.29, 1.82) is 0 Å². The monoisotopic (exact) mass is 346 g/mol. The van der Waals surface area contributed by atoms with E-state index in [-0.39, 0.29) is 0 Å². The fraction of sp³-hybridized carbons (Fsp3) is 0.632. The lowest BCUT2D eigenvalue weighted by molar-refractivity contribution is 0.0195. The Balaban J connectivity index is 1.54. The molecule has 2 aliphatic rings. The minimum atomic E-state index is 0.603. The van der Waals surface area contributed by atoms with Crippen LogP contribution in [0.5, 0.6) is 0 Å². The zero-order valence-electron chi connectivity index (χ0n) is 15.2. The van der Waals surface area contributed by atoms with Crippen molar-refractivity contribution in [3.63, 3.8) is 0 Å². The third kappa shape index (κ3) is 5.34. The summed E-state index contributed by atoms with van der Waals surface area (Å²) in [6.07, 6.45) is 3.77. The average molecular weight is 346 g/mol. The lowest BCUT2D eigenvalue weighted by atomic mass is 10.2. The van der Waals surface area contributed by atoms with Crippen molar-refractivity contribution in [2.75, 3.05) is 52.5 Å². The zero-order chi connectivity index (χ0) is 17.5. The maximum Gasteiger partial charge on any atom is 0.194 e. The highest BCUT2D eigenvalue weighted by molar-refractivity contribution is 5.80. The number of nitrogens with zero attached hydrogens (tertiary/aromatic N) is 3. The van der Waals surface area contributed by atoms with Crippen molar-refractivity contribution < 1.29 is 9.15 Å². The third-order valence-electron chi connectivity index (χ3n) is 4.76. The molecule has 3 heterocycles. The molecule has 1 atom stereocenters. The molecular weight excluding hydrogens is 316 g/mol. The fourth-order valence-corrected chi connectivity index (χ4v) is 3.40. The summed E-state index contributed by atoms with van der Waals surface area (Å²) in [6, 6.07) is 4.54. The molecule has 0 spiro atoms. The van der Waals surface area contributed by atoms with Crippen LogP contribution in [0.3, 0.4) is 0 Å². The van der Waals surface area contributed by atoms with Crippen molar-refractivity contribution in [3.8, 4) is 0 Å². The summed E-state index contributed by atoms with van der Waals surface area (Å²) in [4.78, 5) is 9.70. The van der Waals surface area contributed by atoms with Gasteiger partial charge in [-0.2, -0.15) is 0 Å². The SMILES string of the molecule is C=C(C)CN=C(NCCc1ccco1)N1CCC(N2CCOCC2)C1. The van der Waals surface area contributed by atoms with Gasteiger partial charge in [-0.25, -0.2) is 4.99 Å². The number of likely N-dealkylation sites (tertiary alicyclic amines) is 1. The topological polar surface area (TPSA) is 53.2 Å². The summed E-state index contributed by atoms with van der Waals surface area (Å²) in [6.45, 7) is 13.4. The number of morpholine rings is 1. The Morgan fingerprint density at radius 1 is 1.36 bits per heavy atom. The highest BCUT2D eigenvalue weighted by Gasteiger charge is 2.30. The molecule has 1 unspecified atom stereocenters. The summed E-state index contributed by atoms with van der Waals surface area (Å²) < 4.78 is 10.9. The lowest BCUT2D eigenvalue weighted by Gasteiger charge is -2.32. The predicted octanol–water partition coefficient (Wildman–Crippen LogP) is 1.75. The van der Waals surface area contributed by atoms with Gasteiger partial charge in [0.25, 0.3) is 0 Å². The minimum absolute atomic E-state index is 0.603. The Labute approximate surface area is 150 Å². The first kappa shape index (κ1) is 18.0. The standard InChI is InChI=1S/C19H30N4O2/c1-16(2)14-21-19(20-7-5-18-4-3-11-25-18)23-8-6-17(15-23)22-9-12-24-13-10-22/h3-4,11,17H,1,5-10,12-15H2,2H3,(H,20,21). The Hall–Kier alpha value is -1.79. The van der Waals surface area contributed by atoms with Gasteiger partial charge in [-0.05, 0) is 25.5 Å². The number of guanidine groups is 1. The fourth-order valence-electron chi connectivity index (χ4n) is 3.40. The maximum absolute atomic E-state index is 5.48. The molecule has 0 aromatic carbocycles. The molecule has 3 rings (SSSR count). The Kier molecular flexibility index (Phi) is 6.53. The van der Waals surface area contributed by atoms with Gasteiger partial charge < -0.3 is 19.4 Å². The molecule has 6 nitrogen and oxygen atoms in total. The van der Waals surface area contributed by atoms with E-state index in [1.807, 2.05) is 19.1 Å². The van der Waals surface area contributed by atoms with Crippen molar-refractivity contribution in [3.05, 3.63) is 36.3 Å². The van der Waals surface area contributed by atoms with E-state index < -0.39 is 0 Å².